The van der Waals surface area contributed by atoms with Crippen molar-refractivity contribution in [1.29, 1.82) is 0 Å². The molecule has 0 aliphatic heterocycles. The van der Waals surface area contributed by atoms with E-state index in [-0.39, 0.29) is 17.4 Å². The number of aromatic nitrogens is 1. The molecule has 1 atom stereocenters. The summed E-state index contributed by atoms with van der Waals surface area (Å²) in [4.78, 5) is 11.7. The molecule has 0 amide bonds. The second kappa shape index (κ2) is 6.84. The fourth-order valence-electron chi connectivity index (χ4n) is 2.90. The molecule has 140 valence electrons. The molecule has 9 heteroatoms. The van der Waals surface area contributed by atoms with Gasteiger partial charge in [0.1, 0.15) is 5.76 Å². The summed E-state index contributed by atoms with van der Waals surface area (Å²) in [5, 5.41) is 3.90. The van der Waals surface area contributed by atoms with Crippen LogP contribution < -0.4 is 10.5 Å². The molecule has 1 unspecified atom stereocenters. The number of benzene rings is 1. The van der Waals surface area contributed by atoms with Crippen LogP contribution >= 0.6 is 11.3 Å². The number of nitrogens with zero attached hydrogens (tertiary/aromatic N) is 1. The molecule has 7 nitrogen and oxygen atoms in total. The highest BCUT2D eigenvalue weighted by Gasteiger charge is 2.22. The molecular weight excluding hydrogens is 388 g/mol. The average molecular weight is 404 g/mol. The Morgan fingerprint density at radius 3 is 2.81 bits per heavy atom. The summed E-state index contributed by atoms with van der Waals surface area (Å²) in [5.74, 6) is -0.0883. The molecule has 1 aromatic carbocycles. The van der Waals surface area contributed by atoms with Gasteiger partial charge in [-0.1, -0.05) is 0 Å². The van der Waals surface area contributed by atoms with E-state index in [0.29, 0.717) is 16.9 Å². The van der Waals surface area contributed by atoms with Crippen LogP contribution in [-0.2, 0) is 17.1 Å². The van der Waals surface area contributed by atoms with Crippen LogP contribution in [0, 0.1) is 0 Å². The van der Waals surface area contributed by atoms with Crippen LogP contribution in [0.2, 0.25) is 0 Å². The Bertz CT molecular complexity index is 1180. The Hall–Kier alpha value is -2.62. The van der Waals surface area contributed by atoms with Crippen LogP contribution in [-0.4, -0.2) is 19.5 Å². The largest absolute Gasteiger partial charge is 0.469 e. The number of aryl methyl sites for hydroxylation is 1. The van der Waals surface area contributed by atoms with Crippen molar-refractivity contribution < 1.29 is 17.3 Å². The highest BCUT2D eigenvalue weighted by atomic mass is 32.2. The molecule has 0 aliphatic carbocycles. The summed E-state index contributed by atoms with van der Waals surface area (Å²) in [6.45, 7) is 0.148. The van der Waals surface area contributed by atoms with Crippen molar-refractivity contribution in [2.45, 2.75) is 10.8 Å². The highest BCUT2D eigenvalue weighted by molar-refractivity contribution is 7.89. The minimum atomic E-state index is -3.78. The van der Waals surface area contributed by atoms with Gasteiger partial charge in [0, 0.05) is 13.6 Å². The lowest BCUT2D eigenvalue weighted by Crippen LogP contribution is -2.28. The summed E-state index contributed by atoms with van der Waals surface area (Å²) in [6, 6.07) is 9.86. The average Bonchev–Trinajstić information content (AvgIpc) is 3.39. The quantitative estimate of drug-likeness (QED) is 0.533. The fraction of sp³-hybridized carbons (Fsp3) is 0.167. The van der Waals surface area contributed by atoms with Gasteiger partial charge in [0.2, 0.25) is 10.0 Å². The summed E-state index contributed by atoms with van der Waals surface area (Å²) in [7, 11) is -2.25. The zero-order valence-corrected chi connectivity index (χ0v) is 15.9. The summed E-state index contributed by atoms with van der Waals surface area (Å²) in [5.41, 5.74) is 1.74. The van der Waals surface area contributed by atoms with E-state index < -0.39 is 15.8 Å². The van der Waals surface area contributed by atoms with Crippen LogP contribution in [0.3, 0.4) is 0 Å². The lowest BCUT2D eigenvalue weighted by Gasteiger charge is -2.15. The Balaban J connectivity index is 1.63. The maximum Gasteiger partial charge on any atom is 0.419 e. The Kier molecular flexibility index (Phi) is 4.50. The van der Waals surface area contributed by atoms with Gasteiger partial charge in [-0.25, -0.2) is 17.9 Å². The van der Waals surface area contributed by atoms with Gasteiger partial charge >= 0.3 is 5.76 Å². The molecule has 0 saturated carbocycles. The summed E-state index contributed by atoms with van der Waals surface area (Å²) >= 11 is 1.54. The van der Waals surface area contributed by atoms with Crippen LogP contribution in [0.4, 0.5) is 0 Å². The van der Waals surface area contributed by atoms with Gasteiger partial charge in [0.15, 0.2) is 5.58 Å². The van der Waals surface area contributed by atoms with E-state index in [0.717, 1.165) is 5.56 Å². The second-order valence-electron chi connectivity index (χ2n) is 6.03. The van der Waals surface area contributed by atoms with Crippen LogP contribution in [0.1, 0.15) is 17.2 Å². The normalized spacial score (nSPS) is 13.2. The van der Waals surface area contributed by atoms with Crippen LogP contribution in [0.15, 0.2) is 71.9 Å². The smallest absolute Gasteiger partial charge is 0.419 e. The molecule has 3 heterocycles. The summed E-state index contributed by atoms with van der Waals surface area (Å²) in [6.07, 6.45) is 1.57. The minimum absolute atomic E-state index is 0.0647. The monoisotopic (exact) mass is 404 g/mol. The predicted octanol–water partition coefficient (Wildman–Crippen LogP) is 2.90. The molecule has 0 radical (unpaired) electrons. The molecule has 3 aromatic heterocycles. The van der Waals surface area contributed by atoms with E-state index in [1.807, 2.05) is 22.9 Å². The number of hydrogen-bond donors (Lipinski definition) is 1. The van der Waals surface area contributed by atoms with Gasteiger partial charge in [0.25, 0.3) is 0 Å². The lowest BCUT2D eigenvalue weighted by molar-refractivity contribution is 0.481. The van der Waals surface area contributed by atoms with Gasteiger partial charge in [-0.05, 0) is 52.7 Å². The first kappa shape index (κ1) is 17.8. The first-order chi connectivity index (χ1) is 13.0. The first-order valence-corrected chi connectivity index (χ1v) is 10.5. The topological polar surface area (TPSA) is 94.5 Å². The van der Waals surface area contributed by atoms with Gasteiger partial charge in [-0.15, -0.1) is 0 Å². The molecule has 0 fully saturated rings. The third-order valence-electron chi connectivity index (χ3n) is 4.38. The molecule has 27 heavy (non-hydrogen) atoms. The Morgan fingerprint density at radius 1 is 1.26 bits per heavy atom. The molecule has 4 rings (SSSR count). The number of hydrogen-bond acceptors (Lipinski definition) is 6. The standard InChI is InChI=1S/C18H16N2O5S2/c1-20-15-9-13(4-5-17(15)25-18(20)21)27(22,23)19-10-14(12-6-8-26-11-12)16-3-2-7-24-16/h2-9,11,14,19H,10H2,1H3. The molecule has 1 N–H and O–H groups in total. The fourth-order valence-corrected chi connectivity index (χ4v) is 4.68. The summed E-state index contributed by atoms with van der Waals surface area (Å²) < 4.78 is 40.0. The van der Waals surface area contributed by atoms with E-state index in [1.165, 1.54) is 41.2 Å². The molecular formula is C18H16N2O5S2. The third kappa shape index (κ3) is 3.36. The van der Waals surface area contributed by atoms with E-state index in [1.54, 1.807) is 12.3 Å². The zero-order chi connectivity index (χ0) is 19.0. The van der Waals surface area contributed by atoms with Crippen molar-refractivity contribution in [2.24, 2.45) is 7.05 Å². The number of sulfonamides is 1. The number of furan rings is 1. The van der Waals surface area contributed by atoms with Crippen molar-refractivity contribution >= 4 is 32.5 Å². The first-order valence-electron chi connectivity index (χ1n) is 8.10. The van der Waals surface area contributed by atoms with Crippen molar-refractivity contribution in [2.75, 3.05) is 6.54 Å². The highest BCUT2D eigenvalue weighted by Crippen LogP contribution is 2.27. The van der Waals surface area contributed by atoms with Crippen LogP contribution in [0.5, 0.6) is 0 Å². The van der Waals surface area contributed by atoms with Gasteiger partial charge in [-0.2, -0.15) is 11.3 Å². The Labute approximate surface area is 158 Å². The number of nitrogens with one attached hydrogen (secondary N) is 1. The van der Waals surface area contributed by atoms with E-state index in [9.17, 15) is 13.2 Å². The Morgan fingerprint density at radius 2 is 2.11 bits per heavy atom. The van der Waals surface area contributed by atoms with Gasteiger partial charge in [0.05, 0.1) is 22.6 Å². The predicted molar refractivity (Wildman–Crippen MR) is 102 cm³/mol. The van der Waals surface area contributed by atoms with E-state index in [2.05, 4.69) is 4.72 Å². The van der Waals surface area contributed by atoms with Crippen molar-refractivity contribution in [3.63, 3.8) is 0 Å². The van der Waals surface area contributed by atoms with E-state index >= 15 is 0 Å². The molecule has 4 aromatic rings. The van der Waals surface area contributed by atoms with Gasteiger partial charge in [-0.3, -0.25) is 4.57 Å². The third-order valence-corrected chi connectivity index (χ3v) is 6.51. The molecule has 0 saturated heterocycles. The number of oxazole rings is 1. The number of rotatable bonds is 6. The van der Waals surface area contributed by atoms with Gasteiger partial charge < -0.3 is 8.83 Å². The van der Waals surface area contributed by atoms with Crippen molar-refractivity contribution in [3.05, 3.63) is 75.3 Å². The zero-order valence-electron chi connectivity index (χ0n) is 14.3. The number of thiophene rings is 1. The number of fused-ring (bicyclic) bond motifs is 1. The van der Waals surface area contributed by atoms with Crippen molar-refractivity contribution in [3.8, 4) is 0 Å². The molecule has 0 aliphatic rings. The van der Waals surface area contributed by atoms with E-state index in [4.69, 9.17) is 8.83 Å². The van der Waals surface area contributed by atoms with Crippen molar-refractivity contribution in [1.82, 2.24) is 9.29 Å². The lowest BCUT2D eigenvalue weighted by atomic mass is 10.00. The molecule has 0 bridgehead atoms. The maximum absolute atomic E-state index is 12.8. The SMILES string of the molecule is Cn1c(=O)oc2ccc(S(=O)(=O)NCC(c3ccsc3)c3ccco3)cc21. The van der Waals surface area contributed by atoms with Crippen LogP contribution in [0.25, 0.3) is 11.1 Å². The second-order valence-corrected chi connectivity index (χ2v) is 8.58. The molecule has 0 spiro atoms. The maximum atomic E-state index is 12.8. The minimum Gasteiger partial charge on any atom is -0.469 e.